The van der Waals surface area contributed by atoms with E-state index in [1.807, 2.05) is 30.3 Å². The van der Waals surface area contributed by atoms with Crippen LogP contribution in [0.4, 0.5) is 5.82 Å². The fraction of sp³-hybridized carbons (Fsp3) is 0.414. The molecule has 2 aromatic heterocycles. The minimum absolute atomic E-state index is 0.0232. The molecule has 0 spiro atoms. The van der Waals surface area contributed by atoms with Crippen molar-refractivity contribution in [1.29, 1.82) is 0 Å². The number of pyridine rings is 2. The lowest BCUT2D eigenvalue weighted by atomic mass is 9.96. The number of halogens is 2. The largest absolute Gasteiger partial charge is 0.437 e. The quantitative estimate of drug-likeness (QED) is 0.387. The number of aromatic nitrogens is 2. The van der Waals surface area contributed by atoms with E-state index in [1.165, 1.54) is 0 Å². The first-order chi connectivity index (χ1) is 18.8. The van der Waals surface area contributed by atoms with Crippen molar-refractivity contribution in [2.75, 3.05) is 37.6 Å². The molecule has 1 amide bonds. The molecule has 8 nitrogen and oxygen atoms in total. The van der Waals surface area contributed by atoms with Crippen LogP contribution < -0.4 is 15.0 Å². The SMILES string of the molecule is CC(=O)NCC1CCN(Cc2cc(Oc3ccc(N4CC[C@@H](O)C4)nc3)nc(-c3cc(Cl)cc(Cl)c3)c2)CC1. The van der Waals surface area contributed by atoms with Crippen molar-refractivity contribution in [3.8, 4) is 22.9 Å². The lowest BCUT2D eigenvalue weighted by molar-refractivity contribution is -0.119. The molecule has 1 aromatic carbocycles. The number of anilines is 1. The normalized spacial score (nSPS) is 18.4. The average molecular weight is 571 g/mol. The number of ether oxygens (including phenoxy) is 1. The predicted molar refractivity (Wildman–Crippen MR) is 154 cm³/mol. The molecule has 0 bridgehead atoms. The van der Waals surface area contributed by atoms with Crippen LogP contribution in [0.25, 0.3) is 11.3 Å². The number of carbonyl (C=O) groups is 1. The Morgan fingerprint density at radius 2 is 1.85 bits per heavy atom. The summed E-state index contributed by atoms with van der Waals surface area (Å²) in [5.41, 5.74) is 2.61. The van der Waals surface area contributed by atoms with Gasteiger partial charge in [0.05, 0.1) is 18.0 Å². The lowest BCUT2D eigenvalue weighted by Crippen LogP contribution is -2.37. The highest BCUT2D eigenvalue weighted by Crippen LogP contribution is 2.31. The van der Waals surface area contributed by atoms with Gasteiger partial charge in [0, 0.05) is 54.8 Å². The number of carbonyl (C=O) groups excluding carboxylic acids is 1. The van der Waals surface area contributed by atoms with Gasteiger partial charge < -0.3 is 20.1 Å². The fourth-order valence-electron chi connectivity index (χ4n) is 5.14. The van der Waals surface area contributed by atoms with E-state index in [1.54, 1.807) is 19.2 Å². The van der Waals surface area contributed by atoms with Gasteiger partial charge in [0.15, 0.2) is 0 Å². The van der Waals surface area contributed by atoms with Crippen LogP contribution in [0.3, 0.4) is 0 Å². The van der Waals surface area contributed by atoms with Crippen molar-refractivity contribution in [1.82, 2.24) is 20.2 Å². The van der Waals surface area contributed by atoms with Gasteiger partial charge in [-0.2, -0.15) is 0 Å². The second-order valence-corrected chi connectivity index (χ2v) is 11.2. The summed E-state index contributed by atoms with van der Waals surface area (Å²) < 4.78 is 6.17. The van der Waals surface area contributed by atoms with E-state index in [-0.39, 0.29) is 12.0 Å². The van der Waals surface area contributed by atoms with E-state index in [9.17, 15) is 9.90 Å². The Labute approximate surface area is 238 Å². The number of aliphatic hydroxyl groups is 1. The van der Waals surface area contributed by atoms with E-state index in [0.717, 1.165) is 74.6 Å². The molecule has 4 heterocycles. The predicted octanol–water partition coefficient (Wildman–Crippen LogP) is 5.16. The van der Waals surface area contributed by atoms with Crippen LogP contribution in [-0.4, -0.2) is 64.7 Å². The molecular weight excluding hydrogens is 537 g/mol. The van der Waals surface area contributed by atoms with Crippen molar-refractivity contribution in [2.45, 2.75) is 38.8 Å². The number of rotatable bonds is 8. The number of piperidine rings is 1. The molecule has 1 atom stereocenters. The van der Waals surface area contributed by atoms with E-state index in [4.69, 9.17) is 32.9 Å². The number of aliphatic hydroxyl groups excluding tert-OH is 1. The number of likely N-dealkylation sites (tertiary alicyclic amines) is 1. The summed E-state index contributed by atoms with van der Waals surface area (Å²) in [6.07, 6.45) is 4.20. The standard InChI is InChI=1S/C29H33Cl2N5O3/c1-19(37)32-15-20-4-7-35(8-5-20)17-21-10-27(22-12-23(30)14-24(31)13-22)34-29(11-21)39-26-2-3-28(33-16-26)36-9-6-25(38)18-36/h2-3,10-14,16,20,25,38H,4-9,15,17-18H2,1H3,(H,32,37)/t25-/m1/s1. The molecular formula is C29H33Cl2N5O3. The molecule has 10 heteroatoms. The maximum atomic E-state index is 11.3. The summed E-state index contributed by atoms with van der Waals surface area (Å²) in [6.45, 7) is 6.34. The molecule has 5 rings (SSSR count). The first-order valence-corrected chi connectivity index (χ1v) is 14.1. The number of amides is 1. The number of hydrogen-bond donors (Lipinski definition) is 2. The van der Waals surface area contributed by atoms with Crippen LogP contribution in [-0.2, 0) is 11.3 Å². The van der Waals surface area contributed by atoms with Gasteiger partial charge >= 0.3 is 0 Å². The number of β-amino-alcohol motifs (C(OH)–C–C–N with tert-alkyl or cyclic N) is 1. The molecule has 3 aromatic rings. The monoisotopic (exact) mass is 569 g/mol. The summed E-state index contributed by atoms with van der Waals surface area (Å²) >= 11 is 12.6. The fourth-order valence-corrected chi connectivity index (χ4v) is 5.66. The molecule has 206 valence electrons. The van der Waals surface area contributed by atoms with Crippen LogP contribution in [0.5, 0.6) is 11.6 Å². The topological polar surface area (TPSA) is 90.8 Å². The zero-order valence-electron chi connectivity index (χ0n) is 21.9. The third-order valence-electron chi connectivity index (χ3n) is 7.20. The molecule has 0 aliphatic carbocycles. The van der Waals surface area contributed by atoms with Crippen LogP contribution >= 0.6 is 23.2 Å². The molecule has 2 N–H and O–H groups in total. The highest BCUT2D eigenvalue weighted by Gasteiger charge is 2.22. The van der Waals surface area contributed by atoms with Crippen molar-refractivity contribution < 1.29 is 14.6 Å². The Hall–Kier alpha value is -2.91. The third kappa shape index (κ3) is 7.60. The van der Waals surface area contributed by atoms with Crippen LogP contribution in [0.15, 0.2) is 48.7 Å². The van der Waals surface area contributed by atoms with E-state index < -0.39 is 0 Å². The van der Waals surface area contributed by atoms with Gasteiger partial charge in [-0.25, -0.2) is 9.97 Å². The number of hydrogen-bond acceptors (Lipinski definition) is 7. The molecule has 2 aliphatic heterocycles. The number of nitrogens with one attached hydrogen (secondary N) is 1. The van der Waals surface area contributed by atoms with Crippen LogP contribution in [0, 0.1) is 5.92 Å². The Morgan fingerprint density at radius 3 is 2.49 bits per heavy atom. The maximum absolute atomic E-state index is 11.3. The van der Waals surface area contributed by atoms with Gasteiger partial charge in [-0.3, -0.25) is 9.69 Å². The van der Waals surface area contributed by atoms with Gasteiger partial charge in [0.25, 0.3) is 0 Å². The first-order valence-electron chi connectivity index (χ1n) is 13.3. The summed E-state index contributed by atoms with van der Waals surface area (Å²) in [6, 6.07) is 13.2. The van der Waals surface area contributed by atoms with Gasteiger partial charge in [0.1, 0.15) is 11.6 Å². The first kappa shape index (κ1) is 27.6. The van der Waals surface area contributed by atoms with Crippen LogP contribution in [0.2, 0.25) is 10.0 Å². The average Bonchev–Trinajstić information content (AvgIpc) is 3.34. The highest BCUT2D eigenvalue weighted by molar-refractivity contribution is 6.35. The second-order valence-electron chi connectivity index (χ2n) is 10.4. The lowest BCUT2D eigenvalue weighted by Gasteiger charge is -2.32. The van der Waals surface area contributed by atoms with Crippen molar-refractivity contribution in [3.05, 3.63) is 64.3 Å². The zero-order chi connectivity index (χ0) is 27.4. The summed E-state index contributed by atoms with van der Waals surface area (Å²) in [7, 11) is 0. The third-order valence-corrected chi connectivity index (χ3v) is 7.64. The maximum Gasteiger partial charge on any atom is 0.220 e. The minimum Gasteiger partial charge on any atom is -0.437 e. The number of benzene rings is 1. The summed E-state index contributed by atoms with van der Waals surface area (Å²) in [4.78, 5) is 25.0. The van der Waals surface area contributed by atoms with E-state index in [0.29, 0.717) is 34.1 Å². The molecule has 0 radical (unpaired) electrons. The molecule has 39 heavy (non-hydrogen) atoms. The Morgan fingerprint density at radius 1 is 1.08 bits per heavy atom. The molecule has 0 unspecified atom stereocenters. The van der Waals surface area contributed by atoms with Gasteiger partial charge in [-0.15, -0.1) is 0 Å². The Balaban J connectivity index is 1.33. The van der Waals surface area contributed by atoms with E-state index >= 15 is 0 Å². The van der Waals surface area contributed by atoms with Gasteiger partial charge in [-0.05, 0) is 80.2 Å². The molecule has 2 saturated heterocycles. The second kappa shape index (κ2) is 12.5. The Kier molecular flexibility index (Phi) is 8.87. The van der Waals surface area contributed by atoms with Crippen molar-refractivity contribution >= 4 is 34.9 Å². The minimum atomic E-state index is -0.309. The van der Waals surface area contributed by atoms with Gasteiger partial charge in [0.2, 0.25) is 11.8 Å². The molecule has 0 saturated carbocycles. The van der Waals surface area contributed by atoms with E-state index in [2.05, 4.69) is 26.2 Å². The van der Waals surface area contributed by atoms with Crippen molar-refractivity contribution in [3.63, 3.8) is 0 Å². The summed E-state index contributed by atoms with van der Waals surface area (Å²) in [5.74, 6) is 2.39. The van der Waals surface area contributed by atoms with Gasteiger partial charge in [-0.1, -0.05) is 23.2 Å². The Bertz CT molecular complexity index is 1280. The smallest absolute Gasteiger partial charge is 0.220 e. The van der Waals surface area contributed by atoms with Crippen LogP contribution in [0.1, 0.15) is 31.7 Å². The highest BCUT2D eigenvalue weighted by atomic mass is 35.5. The zero-order valence-corrected chi connectivity index (χ0v) is 23.5. The number of nitrogens with zero attached hydrogens (tertiary/aromatic N) is 4. The van der Waals surface area contributed by atoms with Crippen molar-refractivity contribution in [2.24, 2.45) is 5.92 Å². The summed E-state index contributed by atoms with van der Waals surface area (Å²) in [5, 5.41) is 13.9. The molecule has 2 fully saturated rings. The molecule has 2 aliphatic rings.